The van der Waals surface area contributed by atoms with Gasteiger partial charge in [0.25, 0.3) is 0 Å². The standard InChI is InChI=1S/C18H32O2S/c1-2-3-4-5-6-7-8-9-11-16-14-17-12-10-13-18(15-16)21(17,19)20/h14,17-18H,2-13,15H2,1H3. The van der Waals surface area contributed by atoms with E-state index in [1.54, 1.807) is 0 Å². The third-order valence-corrected chi connectivity index (χ3v) is 7.71. The van der Waals surface area contributed by atoms with Crippen LogP contribution in [0.2, 0.25) is 0 Å². The van der Waals surface area contributed by atoms with Gasteiger partial charge in [-0.15, -0.1) is 0 Å². The molecule has 2 heterocycles. The second kappa shape index (κ2) is 8.36. The monoisotopic (exact) mass is 312 g/mol. The maximum atomic E-state index is 12.2. The van der Waals surface area contributed by atoms with Crippen LogP contribution in [0.1, 0.15) is 90.4 Å². The number of hydrogen-bond donors (Lipinski definition) is 0. The minimum atomic E-state index is -2.82. The third kappa shape index (κ3) is 4.84. The molecule has 2 nitrogen and oxygen atoms in total. The Labute approximate surface area is 131 Å². The molecule has 3 heteroatoms. The van der Waals surface area contributed by atoms with Gasteiger partial charge >= 0.3 is 0 Å². The minimum absolute atomic E-state index is 0.0507. The summed E-state index contributed by atoms with van der Waals surface area (Å²) in [5.41, 5.74) is 1.44. The Morgan fingerprint density at radius 1 is 1.00 bits per heavy atom. The molecular weight excluding hydrogens is 280 g/mol. The smallest absolute Gasteiger partial charge is 0.159 e. The fourth-order valence-corrected chi connectivity index (χ4v) is 6.13. The summed E-state index contributed by atoms with van der Waals surface area (Å²) in [6.07, 6.45) is 17.7. The summed E-state index contributed by atoms with van der Waals surface area (Å²) in [7, 11) is -2.82. The Morgan fingerprint density at radius 3 is 2.33 bits per heavy atom. The third-order valence-electron chi connectivity index (χ3n) is 5.16. The highest BCUT2D eigenvalue weighted by Crippen LogP contribution is 2.37. The predicted molar refractivity (Wildman–Crippen MR) is 90.3 cm³/mol. The summed E-state index contributed by atoms with van der Waals surface area (Å²) in [5, 5.41) is -0.195. The quantitative estimate of drug-likeness (QED) is 0.434. The Kier molecular flexibility index (Phi) is 6.78. The summed E-state index contributed by atoms with van der Waals surface area (Å²) < 4.78 is 24.4. The number of fused-ring (bicyclic) bond motifs is 2. The molecule has 2 aliphatic heterocycles. The van der Waals surface area contributed by atoms with E-state index < -0.39 is 9.84 Å². The first kappa shape index (κ1) is 17.1. The van der Waals surface area contributed by atoms with Crippen molar-refractivity contribution in [3.63, 3.8) is 0 Å². The topological polar surface area (TPSA) is 34.1 Å². The number of unbranched alkanes of at least 4 members (excludes halogenated alkanes) is 7. The van der Waals surface area contributed by atoms with Gasteiger partial charge in [0.1, 0.15) is 0 Å². The van der Waals surface area contributed by atoms with Gasteiger partial charge in [-0.2, -0.15) is 0 Å². The first-order valence-corrected chi connectivity index (χ1v) is 10.7. The van der Waals surface area contributed by atoms with Crippen molar-refractivity contribution in [1.82, 2.24) is 0 Å². The van der Waals surface area contributed by atoms with E-state index in [1.807, 2.05) is 0 Å². The second-order valence-electron chi connectivity index (χ2n) is 6.93. The van der Waals surface area contributed by atoms with E-state index in [0.717, 1.165) is 32.1 Å². The van der Waals surface area contributed by atoms with E-state index in [1.165, 1.54) is 56.9 Å². The summed E-state index contributed by atoms with van der Waals surface area (Å²) in [5.74, 6) is 0. The highest BCUT2D eigenvalue weighted by atomic mass is 32.2. The molecule has 0 amide bonds. The number of rotatable bonds is 9. The van der Waals surface area contributed by atoms with Gasteiger partial charge in [0.2, 0.25) is 0 Å². The van der Waals surface area contributed by atoms with E-state index in [0.29, 0.717) is 0 Å². The zero-order valence-corrected chi connectivity index (χ0v) is 14.5. The second-order valence-corrected chi connectivity index (χ2v) is 9.38. The lowest BCUT2D eigenvalue weighted by Gasteiger charge is -2.33. The molecule has 21 heavy (non-hydrogen) atoms. The van der Waals surface area contributed by atoms with Crippen LogP contribution in [0.4, 0.5) is 0 Å². The Bertz CT molecular complexity index is 436. The van der Waals surface area contributed by atoms with Gasteiger partial charge < -0.3 is 0 Å². The van der Waals surface area contributed by atoms with Gasteiger partial charge in [-0.1, -0.05) is 69.9 Å². The highest BCUT2D eigenvalue weighted by Gasteiger charge is 2.39. The average molecular weight is 313 g/mol. The van der Waals surface area contributed by atoms with Gasteiger partial charge in [-0.3, -0.25) is 0 Å². The van der Waals surface area contributed by atoms with Gasteiger partial charge in [-0.05, 0) is 32.1 Å². The van der Waals surface area contributed by atoms with Crippen LogP contribution in [-0.2, 0) is 9.84 Å². The van der Waals surface area contributed by atoms with E-state index in [-0.39, 0.29) is 10.5 Å². The number of allylic oxidation sites excluding steroid dienone is 1. The largest absolute Gasteiger partial charge is 0.228 e. The summed E-state index contributed by atoms with van der Waals surface area (Å²) >= 11 is 0. The molecule has 2 aliphatic rings. The predicted octanol–water partition coefficient (Wildman–Crippen LogP) is 5.18. The zero-order valence-electron chi connectivity index (χ0n) is 13.6. The van der Waals surface area contributed by atoms with Crippen molar-refractivity contribution in [3.8, 4) is 0 Å². The van der Waals surface area contributed by atoms with Gasteiger partial charge in [0, 0.05) is 0 Å². The molecule has 0 aromatic rings. The zero-order chi connectivity index (χ0) is 15.1. The van der Waals surface area contributed by atoms with Crippen LogP contribution in [0.25, 0.3) is 0 Å². The molecule has 0 saturated carbocycles. The van der Waals surface area contributed by atoms with Crippen molar-refractivity contribution in [2.24, 2.45) is 0 Å². The van der Waals surface area contributed by atoms with Crippen molar-refractivity contribution in [2.45, 2.75) is 101 Å². The van der Waals surface area contributed by atoms with Crippen LogP contribution < -0.4 is 0 Å². The van der Waals surface area contributed by atoms with Crippen LogP contribution in [0.15, 0.2) is 11.6 Å². The van der Waals surface area contributed by atoms with Crippen LogP contribution >= 0.6 is 0 Å². The maximum absolute atomic E-state index is 12.2. The molecule has 1 fully saturated rings. The van der Waals surface area contributed by atoms with Crippen LogP contribution in [0, 0.1) is 0 Å². The van der Waals surface area contributed by atoms with Crippen LogP contribution in [-0.4, -0.2) is 18.9 Å². The Morgan fingerprint density at radius 2 is 1.67 bits per heavy atom. The van der Waals surface area contributed by atoms with Crippen molar-refractivity contribution >= 4 is 9.84 Å². The SMILES string of the molecule is CCCCCCCCCCC1=CC2CCCC(C1)S2(=O)=O. The average Bonchev–Trinajstić information content (AvgIpc) is 2.42. The Balaban J connectivity index is 1.65. The summed E-state index contributed by atoms with van der Waals surface area (Å²) in [4.78, 5) is 0. The lowest BCUT2D eigenvalue weighted by molar-refractivity contribution is 0.502. The van der Waals surface area contributed by atoms with Gasteiger partial charge in [0.05, 0.1) is 10.5 Å². The fourth-order valence-electron chi connectivity index (χ4n) is 3.81. The van der Waals surface area contributed by atoms with Crippen molar-refractivity contribution in [2.75, 3.05) is 0 Å². The fraction of sp³-hybridized carbons (Fsp3) is 0.889. The van der Waals surface area contributed by atoms with Crippen molar-refractivity contribution < 1.29 is 8.42 Å². The number of sulfone groups is 1. The molecule has 0 aromatic carbocycles. The lowest BCUT2D eigenvalue weighted by Crippen LogP contribution is -2.38. The van der Waals surface area contributed by atoms with Gasteiger partial charge in [0.15, 0.2) is 9.84 Å². The molecule has 0 aliphatic carbocycles. The number of hydrogen-bond acceptors (Lipinski definition) is 2. The molecule has 2 bridgehead atoms. The molecule has 2 unspecified atom stereocenters. The van der Waals surface area contributed by atoms with Gasteiger partial charge in [-0.25, -0.2) is 8.42 Å². The summed E-state index contributed by atoms with van der Waals surface area (Å²) in [6, 6.07) is 0. The normalized spacial score (nSPS) is 27.4. The van der Waals surface area contributed by atoms with Crippen molar-refractivity contribution in [3.05, 3.63) is 11.6 Å². The maximum Gasteiger partial charge on any atom is 0.159 e. The molecule has 0 spiro atoms. The van der Waals surface area contributed by atoms with Crippen LogP contribution in [0.5, 0.6) is 0 Å². The molecule has 1 saturated heterocycles. The summed E-state index contributed by atoms with van der Waals surface area (Å²) in [6.45, 7) is 2.26. The van der Waals surface area contributed by atoms with E-state index in [4.69, 9.17) is 0 Å². The first-order valence-electron chi connectivity index (χ1n) is 9.07. The molecule has 0 radical (unpaired) electrons. The minimum Gasteiger partial charge on any atom is -0.228 e. The molecule has 2 rings (SSSR count). The molecule has 2 atom stereocenters. The Hall–Kier alpha value is -0.310. The molecule has 0 aromatic heterocycles. The lowest BCUT2D eigenvalue weighted by atomic mass is 9.94. The van der Waals surface area contributed by atoms with E-state index in [2.05, 4.69) is 13.0 Å². The first-order chi connectivity index (χ1) is 10.1. The highest BCUT2D eigenvalue weighted by molar-refractivity contribution is 7.92. The van der Waals surface area contributed by atoms with Crippen LogP contribution in [0.3, 0.4) is 0 Å². The van der Waals surface area contributed by atoms with E-state index >= 15 is 0 Å². The molecule has 0 N–H and O–H groups in total. The van der Waals surface area contributed by atoms with E-state index in [9.17, 15) is 8.42 Å². The van der Waals surface area contributed by atoms with Crippen molar-refractivity contribution in [1.29, 1.82) is 0 Å². The molecular formula is C18H32O2S. The molecule has 122 valence electrons.